The summed E-state index contributed by atoms with van der Waals surface area (Å²) in [5.41, 5.74) is 0.196. The van der Waals surface area contributed by atoms with Crippen molar-refractivity contribution in [2.45, 2.75) is 19.8 Å². The van der Waals surface area contributed by atoms with Crippen molar-refractivity contribution in [1.29, 1.82) is 0 Å². The second-order valence-corrected chi connectivity index (χ2v) is 4.04. The van der Waals surface area contributed by atoms with Crippen LogP contribution < -0.4 is 4.90 Å². The molecule has 0 heterocycles. The summed E-state index contributed by atoms with van der Waals surface area (Å²) in [4.78, 5) is 23.0. The molecule has 0 radical (unpaired) electrons. The maximum Gasteiger partial charge on any atom is 0.335 e. The molecule has 0 saturated carbocycles. The molecule has 98 valence electrons. The van der Waals surface area contributed by atoms with Gasteiger partial charge in [0.2, 0.25) is 0 Å². The van der Waals surface area contributed by atoms with E-state index in [0.29, 0.717) is 12.2 Å². The molecule has 6 nitrogen and oxygen atoms in total. The monoisotopic (exact) mass is 252 g/mol. The molecule has 1 aromatic carbocycles. The minimum atomic E-state index is -1.17. The highest BCUT2D eigenvalue weighted by atomic mass is 16.6. The number of carboxylic acid groups (broad SMARTS) is 1. The Labute approximate surface area is 105 Å². The molecular formula is C12H16N2O4. The maximum absolute atomic E-state index is 11.0. The zero-order valence-corrected chi connectivity index (χ0v) is 10.4. The van der Waals surface area contributed by atoms with Gasteiger partial charge in [0.1, 0.15) is 5.69 Å². The number of hydrogen-bond donors (Lipinski definition) is 1. The summed E-state index contributed by atoms with van der Waals surface area (Å²) in [5.74, 6) is -1.17. The minimum absolute atomic E-state index is 0.0747. The van der Waals surface area contributed by atoms with Gasteiger partial charge in [0.05, 0.1) is 10.5 Å². The fraction of sp³-hybridized carbons (Fsp3) is 0.417. The molecule has 0 aliphatic heterocycles. The van der Waals surface area contributed by atoms with Crippen molar-refractivity contribution in [2.24, 2.45) is 0 Å². The Morgan fingerprint density at radius 1 is 1.50 bits per heavy atom. The molecule has 18 heavy (non-hydrogen) atoms. The quantitative estimate of drug-likeness (QED) is 0.621. The summed E-state index contributed by atoms with van der Waals surface area (Å²) in [7, 11) is 1.76. The van der Waals surface area contributed by atoms with Crippen LogP contribution in [-0.2, 0) is 0 Å². The number of carbonyl (C=O) groups is 1. The molecule has 0 saturated heterocycles. The number of benzene rings is 1. The lowest BCUT2D eigenvalue weighted by molar-refractivity contribution is -0.384. The third kappa shape index (κ3) is 3.19. The van der Waals surface area contributed by atoms with Crippen LogP contribution in [0.25, 0.3) is 0 Å². The Hall–Kier alpha value is -2.11. The summed E-state index contributed by atoms with van der Waals surface area (Å²) in [5, 5.41) is 19.8. The number of nitrogens with zero attached hydrogens (tertiary/aromatic N) is 2. The first-order valence-electron chi connectivity index (χ1n) is 5.70. The van der Waals surface area contributed by atoms with E-state index >= 15 is 0 Å². The fourth-order valence-electron chi connectivity index (χ4n) is 1.64. The van der Waals surface area contributed by atoms with Crippen LogP contribution in [0.15, 0.2) is 18.2 Å². The van der Waals surface area contributed by atoms with Crippen LogP contribution in [0.3, 0.4) is 0 Å². The van der Waals surface area contributed by atoms with Gasteiger partial charge in [-0.15, -0.1) is 0 Å². The van der Waals surface area contributed by atoms with Crippen LogP contribution in [0.4, 0.5) is 11.4 Å². The molecule has 0 bridgehead atoms. The van der Waals surface area contributed by atoms with Crippen molar-refractivity contribution in [3.8, 4) is 0 Å². The number of aromatic carboxylic acids is 1. The second kappa shape index (κ2) is 6.00. The molecule has 0 aliphatic carbocycles. The predicted molar refractivity (Wildman–Crippen MR) is 68.2 cm³/mol. The van der Waals surface area contributed by atoms with Gasteiger partial charge in [0.15, 0.2) is 0 Å². The molecule has 0 fully saturated rings. The number of rotatable bonds is 6. The van der Waals surface area contributed by atoms with Crippen LogP contribution in [0.5, 0.6) is 0 Å². The van der Waals surface area contributed by atoms with E-state index in [1.165, 1.54) is 12.1 Å². The minimum Gasteiger partial charge on any atom is -0.478 e. The van der Waals surface area contributed by atoms with E-state index in [9.17, 15) is 14.9 Å². The summed E-state index contributed by atoms with van der Waals surface area (Å²) >= 11 is 0. The molecule has 0 aromatic heterocycles. The number of unbranched alkanes of at least 4 members (excludes halogenated alkanes) is 1. The average Bonchev–Trinajstić information content (AvgIpc) is 2.34. The molecule has 0 spiro atoms. The van der Waals surface area contributed by atoms with Crippen molar-refractivity contribution in [3.05, 3.63) is 33.9 Å². The topological polar surface area (TPSA) is 83.7 Å². The Morgan fingerprint density at radius 3 is 2.67 bits per heavy atom. The number of anilines is 1. The van der Waals surface area contributed by atoms with Gasteiger partial charge >= 0.3 is 5.97 Å². The van der Waals surface area contributed by atoms with Gasteiger partial charge in [-0.1, -0.05) is 13.3 Å². The Bertz CT molecular complexity index is 459. The van der Waals surface area contributed by atoms with Gasteiger partial charge in [-0.05, 0) is 18.6 Å². The zero-order valence-electron chi connectivity index (χ0n) is 10.4. The summed E-state index contributed by atoms with van der Waals surface area (Å²) in [6, 6.07) is 3.96. The molecule has 0 amide bonds. The van der Waals surface area contributed by atoms with Gasteiger partial charge in [0, 0.05) is 19.7 Å². The van der Waals surface area contributed by atoms with Crippen LogP contribution in [0, 0.1) is 10.1 Å². The van der Waals surface area contributed by atoms with Crippen molar-refractivity contribution in [2.75, 3.05) is 18.5 Å². The van der Waals surface area contributed by atoms with Crippen LogP contribution in [0.2, 0.25) is 0 Å². The largest absolute Gasteiger partial charge is 0.478 e. The SMILES string of the molecule is CCCCN(C)c1ccc(C(=O)O)cc1[N+](=O)[O-]. The second-order valence-electron chi connectivity index (χ2n) is 4.04. The number of nitro benzene ring substituents is 1. The number of nitro groups is 1. The van der Waals surface area contributed by atoms with Crippen molar-refractivity contribution < 1.29 is 14.8 Å². The molecule has 1 aromatic rings. The van der Waals surface area contributed by atoms with E-state index in [1.807, 2.05) is 6.92 Å². The van der Waals surface area contributed by atoms with E-state index in [0.717, 1.165) is 18.9 Å². The summed E-state index contributed by atoms with van der Waals surface area (Å²) in [6.45, 7) is 2.74. The molecule has 6 heteroatoms. The van der Waals surface area contributed by atoms with Crippen molar-refractivity contribution in [1.82, 2.24) is 0 Å². The fourth-order valence-corrected chi connectivity index (χ4v) is 1.64. The molecule has 0 unspecified atom stereocenters. The van der Waals surface area contributed by atoms with Gasteiger partial charge in [-0.3, -0.25) is 10.1 Å². The third-order valence-electron chi connectivity index (χ3n) is 2.68. The van der Waals surface area contributed by atoms with Crippen LogP contribution >= 0.6 is 0 Å². The lowest BCUT2D eigenvalue weighted by Gasteiger charge is -2.18. The summed E-state index contributed by atoms with van der Waals surface area (Å²) < 4.78 is 0. The predicted octanol–water partition coefficient (Wildman–Crippen LogP) is 2.53. The first-order chi connectivity index (χ1) is 8.47. The van der Waals surface area contributed by atoms with Crippen molar-refractivity contribution in [3.63, 3.8) is 0 Å². The Kier molecular flexibility index (Phi) is 4.65. The highest BCUT2D eigenvalue weighted by Gasteiger charge is 2.19. The average molecular weight is 252 g/mol. The van der Waals surface area contributed by atoms with Gasteiger partial charge < -0.3 is 10.0 Å². The standard InChI is InChI=1S/C12H16N2O4/c1-3-4-7-13(2)10-6-5-9(12(15)16)8-11(10)14(17)18/h5-6,8H,3-4,7H2,1-2H3,(H,15,16). The molecule has 0 atom stereocenters. The van der Waals surface area contributed by atoms with Gasteiger partial charge in [0.25, 0.3) is 5.69 Å². The van der Waals surface area contributed by atoms with Gasteiger partial charge in [-0.25, -0.2) is 4.79 Å². The Morgan fingerprint density at radius 2 is 2.17 bits per heavy atom. The maximum atomic E-state index is 11.0. The molecule has 1 N–H and O–H groups in total. The van der Waals surface area contributed by atoms with Crippen LogP contribution in [0.1, 0.15) is 30.1 Å². The molecule has 1 rings (SSSR count). The summed E-state index contributed by atoms with van der Waals surface area (Å²) in [6.07, 6.45) is 1.92. The molecular weight excluding hydrogens is 236 g/mol. The first-order valence-corrected chi connectivity index (χ1v) is 5.70. The van der Waals surface area contributed by atoms with Gasteiger partial charge in [-0.2, -0.15) is 0 Å². The third-order valence-corrected chi connectivity index (χ3v) is 2.68. The zero-order chi connectivity index (χ0) is 13.7. The highest BCUT2D eigenvalue weighted by Crippen LogP contribution is 2.28. The lowest BCUT2D eigenvalue weighted by Crippen LogP contribution is -2.19. The molecule has 0 aliphatic rings. The highest BCUT2D eigenvalue weighted by molar-refractivity contribution is 5.89. The Balaban J connectivity index is 3.11. The van der Waals surface area contributed by atoms with Crippen LogP contribution in [-0.4, -0.2) is 29.6 Å². The smallest absolute Gasteiger partial charge is 0.335 e. The van der Waals surface area contributed by atoms with Crippen molar-refractivity contribution >= 4 is 17.3 Å². The van der Waals surface area contributed by atoms with E-state index < -0.39 is 10.9 Å². The first kappa shape index (κ1) is 14.0. The normalized spacial score (nSPS) is 10.1. The number of hydrogen-bond acceptors (Lipinski definition) is 4. The van der Waals surface area contributed by atoms with E-state index in [2.05, 4.69) is 0 Å². The van der Waals surface area contributed by atoms with E-state index in [1.54, 1.807) is 11.9 Å². The van der Waals surface area contributed by atoms with E-state index in [-0.39, 0.29) is 11.3 Å². The lowest BCUT2D eigenvalue weighted by atomic mass is 10.1. The van der Waals surface area contributed by atoms with E-state index in [4.69, 9.17) is 5.11 Å². The number of carboxylic acids is 1.